The Bertz CT molecular complexity index is 1820. The normalized spacial score (nSPS) is 23.4. The van der Waals surface area contributed by atoms with Crippen molar-refractivity contribution in [3.8, 4) is 0 Å². The number of hydrogen-bond donors (Lipinski definition) is 0. The van der Waals surface area contributed by atoms with Crippen molar-refractivity contribution in [1.29, 1.82) is 0 Å². The van der Waals surface area contributed by atoms with Crippen LogP contribution in [0.25, 0.3) is 5.57 Å². The monoisotopic (exact) mass is 567 g/mol. The molecule has 1 unspecified atom stereocenters. The molecule has 0 bridgehead atoms. The fourth-order valence-corrected chi connectivity index (χ4v) is 8.75. The van der Waals surface area contributed by atoms with Crippen LogP contribution in [-0.2, 0) is 17.6 Å². The highest BCUT2D eigenvalue weighted by molar-refractivity contribution is 8.03. The van der Waals surface area contributed by atoms with E-state index in [-0.39, 0.29) is 11.7 Å². The van der Waals surface area contributed by atoms with E-state index in [9.17, 15) is 4.79 Å². The summed E-state index contributed by atoms with van der Waals surface area (Å²) in [6, 6.07) is 20.9. The lowest BCUT2D eigenvalue weighted by molar-refractivity contribution is 0.103. The summed E-state index contributed by atoms with van der Waals surface area (Å²) in [7, 11) is 0. The van der Waals surface area contributed by atoms with Crippen LogP contribution in [0.4, 0.5) is 5.69 Å². The second-order valence-corrected chi connectivity index (χ2v) is 13.0. The zero-order valence-electron chi connectivity index (χ0n) is 24.1. The molecule has 0 radical (unpaired) electrons. The molecule has 1 atom stereocenters. The number of carbonyl (C=O) groups excluding carboxylic acids is 1. The topological polar surface area (TPSA) is 29.5 Å². The molecule has 4 aliphatic heterocycles. The third kappa shape index (κ3) is 4.15. The Morgan fingerprint density at radius 1 is 0.905 bits per heavy atom. The lowest BCUT2D eigenvalue weighted by atomic mass is 9.86. The van der Waals surface area contributed by atoms with Crippen LogP contribution < -0.4 is 4.90 Å². The van der Waals surface area contributed by atoms with Gasteiger partial charge in [-0.2, -0.15) is 0 Å². The molecule has 0 amide bonds. The minimum atomic E-state index is -0.0995. The second-order valence-electron chi connectivity index (χ2n) is 11.9. The van der Waals surface area contributed by atoms with Crippen LogP contribution in [0.15, 0.2) is 117 Å². The minimum Gasteiger partial charge on any atom is -0.462 e. The predicted octanol–water partition coefficient (Wildman–Crippen LogP) is 8.92. The molecule has 5 aliphatic rings. The fraction of sp³-hybridized carbons (Fsp3) is 0.237. The van der Waals surface area contributed by atoms with Crippen molar-refractivity contribution in [1.82, 2.24) is 0 Å². The Labute approximate surface area is 252 Å². The average Bonchev–Trinajstić information content (AvgIpc) is 3.30. The van der Waals surface area contributed by atoms with Gasteiger partial charge in [0.05, 0.1) is 0 Å². The van der Waals surface area contributed by atoms with E-state index in [1.807, 2.05) is 49.0 Å². The number of anilines is 1. The molecule has 4 heterocycles. The van der Waals surface area contributed by atoms with Crippen molar-refractivity contribution in [3.05, 3.63) is 146 Å². The molecular weight excluding hydrogens is 534 g/mol. The number of ketones is 1. The van der Waals surface area contributed by atoms with E-state index in [1.54, 1.807) is 0 Å². The second kappa shape index (κ2) is 10.1. The number of fused-ring (bicyclic) bond motifs is 3. The molecule has 0 N–H and O–H groups in total. The van der Waals surface area contributed by atoms with Gasteiger partial charge in [-0.25, -0.2) is 0 Å². The van der Waals surface area contributed by atoms with E-state index < -0.39 is 0 Å². The summed E-state index contributed by atoms with van der Waals surface area (Å²) in [6.45, 7) is 6.57. The number of carbonyl (C=O) groups is 1. The Morgan fingerprint density at radius 3 is 2.55 bits per heavy atom. The quantitative estimate of drug-likeness (QED) is 0.289. The van der Waals surface area contributed by atoms with Gasteiger partial charge < -0.3 is 9.64 Å². The number of Topliss-reactive ketones (excluding diaryl/α,β-unsaturated/α-hetero) is 1. The lowest BCUT2D eigenvalue weighted by Crippen LogP contribution is -2.35. The molecule has 0 fully saturated rings. The van der Waals surface area contributed by atoms with Crippen LogP contribution in [0.2, 0.25) is 0 Å². The van der Waals surface area contributed by atoms with Crippen LogP contribution in [0.3, 0.4) is 0 Å². The summed E-state index contributed by atoms with van der Waals surface area (Å²) in [4.78, 5) is 19.1. The highest BCUT2D eigenvalue weighted by Crippen LogP contribution is 2.50. The molecule has 3 aromatic rings. The molecule has 8 rings (SSSR count). The first-order valence-corrected chi connectivity index (χ1v) is 15.9. The summed E-state index contributed by atoms with van der Waals surface area (Å²) in [5.41, 5.74) is 12.0. The van der Waals surface area contributed by atoms with Gasteiger partial charge in [-0.1, -0.05) is 66.4 Å². The van der Waals surface area contributed by atoms with E-state index in [1.165, 1.54) is 70.1 Å². The SMILES string of the molecule is CC1=C/C(=C2\C(=O)c3ccccc3C2c2ccccc2)C=C(/C=C2\C=C(C)c3cc4c5c(c3S2)CCCN5CCC4)O1. The molecular formula is C38H33NO2S. The molecule has 0 saturated heterocycles. The van der Waals surface area contributed by atoms with Crippen molar-refractivity contribution >= 4 is 28.8 Å². The van der Waals surface area contributed by atoms with Crippen molar-refractivity contribution in [2.75, 3.05) is 18.0 Å². The Hall–Kier alpha value is -4.02. The van der Waals surface area contributed by atoms with Gasteiger partial charge in [-0.3, -0.25) is 4.79 Å². The first kappa shape index (κ1) is 25.7. The molecule has 42 heavy (non-hydrogen) atoms. The van der Waals surface area contributed by atoms with Crippen LogP contribution in [0.1, 0.15) is 70.8 Å². The van der Waals surface area contributed by atoms with Crippen LogP contribution >= 0.6 is 11.8 Å². The number of aryl methyl sites for hydroxylation is 1. The molecule has 0 aromatic heterocycles. The maximum atomic E-state index is 13.9. The Kier molecular flexibility index (Phi) is 6.15. The van der Waals surface area contributed by atoms with Crippen molar-refractivity contribution in [2.24, 2.45) is 0 Å². The highest BCUT2D eigenvalue weighted by atomic mass is 32.2. The summed E-state index contributed by atoms with van der Waals surface area (Å²) in [5, 5.41) is 0. The number of thioether (sulfide) groups is 1. The van der Waals surface area contributed by atoms with Gasteiger partial charge in [-0.05, 0) is 109 Å². The van der Waals surface area contributed by atoms with Gasteiger partial charge in [0.15, 0.2) is 5.78 Å². The summed E-state index contributed by atoms with van der Waals surface area (Å²) in [5.74, 6) is 1.58. The number of allylic oxidation sites excluding steroid dienone is 8. The zero-order chi connectivity index (χ0) is 28.4. The molecule has 0 spiro atoms. The standard InChI is InChI=1S/C38H33NO2S/c1-23-18-29(42-38-32-15-9-17-39-16-8-12-26(36(32)39)21-33(23)38)22-28-20-27(19-24(2)41-28)35-34(25-10-4-3-5-11-25)30-13-6-7-14-31(30)37(35)40/h3-7,10-11,13-14,18-22,34H,8-9,12,15-17H2,1-2H3/b29-22+,35-27+. The summed E-state index contributed by atoms with van der Waals surface area (Å²) >= 11 is 1.87. The number of benzene rings is 3. The van der Waals surface area contributed by atoms with Gasteiger partial charge in [0, 0.05) is 45.6 Å². The summed E-state index contributed by atoms with van der Waals surface area (Å²) in [6.07, 6.45) is 13.3. The number of ether oxygens (including phenoxy) is 1. The lowest BCUT2D eigenvalue weighted by Gasteiger charge is -2.39. The fourth-order valence-electron chi connectivity index (χ4n) is 7.45. The first-order chi connectivity index (χ1) is 20.5. The van der Waals surface area contributed by atoms with Gasteiger partial charge in [0.2, 0.25) is 0 Å². The van der Waals surface area contributed by atoms with Gasteiger partial charge in [0.1, 0.15) is 11.5 Å². The average molecular weight is 568 g/mol. The third-order valence-electron chi connectivity index (χ3n) is 9.19. The van der Waals surface area contributed by atoms with Crippen LogP contribution in [0, 0.1) is 0 Å². The van der Waals surface area contributed by atoms with E-state index in [4.69, 9.17) is 4.74 Å². The third-order valence-corrected chi connectivity index (χ3v) is 10.3. The molecule has 0 saturated carbocycles. The molecule has 4 heteroatoms. The van der Waals surface area contributed by atoms with Gasteiger partial charge >= 0.3 is 0 Å². The van der Waals surface area contributed by atoms with Crippen LogP contribution in [-0.4, -0.2) is 18.9 Å². The van der Waals surface area contributed by atoms with E-state index >= 15 is 0 Å². The molecule has 3 aromatic carbocycles. The van der Waals surface area contributed by atoms with Gasteiger partial charge in [-0.15, -0.1) is 0 Å². The number of hydrogen-bond acceptors (Lipinski definition) is 4. The van der Waals surface area contributed by atoms with Crippen molar-refractivity contribution in [2.45, 2.75) is 50.3 Å². The van der Waals surface area contributed by atoms with Gasteiger partial charge in [0.25, 0.3) is 0 Å². The summed E-state index contributed by atoms with van der Waals surface area (Å²) < 4.78 is 6.28. The van der Waals surface area contributed by atoms with E-state index in [2.05, 4.69) is 66.4 Å². The number of rotatable bonds is 2. The smallest absolute Gasteiger partial charge is 0.190 e. The molecule has 208 valence electrons. The molecule has 3 nitrogen and oxygen atoms in total. The first-order valence-electron chi connectivity index (χ1n) is 15.1. The number of nitrogens with zero attached hydrogens (tertiary/aromatic N) is 1. The maximum absolute atomic E-state index is 13.9. The Balaban J connectivity index is 1.22. The zero-order valence-corrected chi connectivity index (χ0v) is 24.9. The minimum absolute atomic E-state index is 0.0995. The maximum Gasteiger partial charge on any atom is 0.190 e. The highest BCUT2D eigenvalue weighted by Gasteiger charge is 2.37. The van der Waals surface area contributed by atoms with E-state index in [0.717, 1.165) is 45.8 Å². The Morgan fingerprint density at radius 2 is 1.69 bits per heavy atom. The van der Waals surface area contributed by atoms with E-state index in [0.29, 0.717) is 0 Å². The van der Waals surface area contributed by atoms with Crippen molar-refractivity contribution < 1.29 is 9.53 Å². The predicted molar refractivity (Wildman–Crippen MR) is 172 cm³/mol. The largest absolute Gasteiger partial charge is 0.462 e. The molecule has 1 aliphatic carbocycles. The van der Waals surface area contributed by atoms with Crippen LogP contribution in [0.5, 0.6) is 0 Å². The van der Waals surface area contributed by atoms with Crippen molar-refractivity contribution in [3.63, 3.8) is 0 Å².